The Labute approximate surface area is 148 Å². The molecule has 25 heavy (non-hydrogen) atoms. The lowest BCUT2D eigenvalue weighted by molar-refractivity contribution is 0.0618. The first-order chi connectivity index (χ1) is 12.3. The molecule has 7 heteroatoms. The summed E-state index contributed by atoms with van der Waals surface area (Å²) in [5.41, 5.74) is 0.672. The summed E-state index contributed by atoms with van der Waals surface area (Å²) in [6.07, 6.45) is 10.1. The van der Waals surface area contributed by atoms with Gasteiger partial charge in [0.15, 0.2) is 0 Å². The van der Waals surface area contributed by atoms with Gasteiger partial charge in [-0.3, -0.25) is 9.69 Å². The molecule has 0 bridgehead atoms. The van der Waals surface area contributed by atoms with Gasteiger partial charge in [0.25, 0.3) is 5.91 Å². The van der Waals surface area contributed by atoms with Crippen LogP contribution >= 0.6 is 0 Å². The monoisotopic (exact) mass is 342 g/mol. The maximum Gasteiger partial charge on any atom is 0.270 e. The van der Waals surface area contributed by atoms with E-state index in [-0.39, 0.29) is 5.91 Å². The first-order valence-corrected chi connectivity index (χ1v) is 9.34. The molecule has 1 N–H and O–H groups in total. The Bertz CT molecular complexity index is 680. The van der Waals surface area contributed by atoms with Gasteiger partial charge in [-0.15, -0.1) is 10.2 Å². The second kappa shape index (κ2) is 7.39. The molecule has 1 saturated carbocycles. The van der Waals surface area contributed by atoms with Crippen molar-refractivity contribution in [2.45, 2.75) is 44.7 Å². The average molecular weight is 342 g/mol. The third kappa shape index (κ3) is 3.61. The molecule has 2 aromatic rings. The summed E-state index contributed by atoms with van der Waals surface area (Å²) in [7, 11) is 0. The van der Waals surface area contributed by atoms with E-state index in [0.717, 1.165) is 38.5 Å². The first kappa shape index (κ1) is 16.3. The highest BCUT2D eigenvalue weighted by Gasteiger charge is 2.25. The molecule has 1 aliphatic carbocycles. The summed E-state index contributed by atoms with van der Waals surface area (Å²) < 4.78 is 2.29. The molecule has 4 rings (SSSR count). The smallest absolute Gasteiger partial charge is 0.270 e. The zero-order chi connectivity index (χ0) is 17.1. The highest BCUT2D eigenvalue weighted by Crippen LogP contribution is 2.28. The van der Waals surface area contributed by atoms with Crippen molar-refractivity contribution in [3.05, 3.63) is 36.2 Å². The van der Waals surface area contributed by atoms with Crippen LogP contribution in [0.5, 0.6) is 0 Å². The summed E-state index contributed by atoms with van der Waals surface area (Å²) >= 11 is 0. The van der Waals surface area contributed by atoms with Crippen molar-refractivity contribution in [3.63, 3.8) is 0 Å². The number of carbonyl (C=O) groups excluding carboxylic acids is 1. The maximum absolute atomic E-state index is 12.4. The molecular weight excluding hydrogens is 316 g/mol. The van der Waals surface area contributed by atoms with E-state index in [0.29, 0.717) is 11.7 Å². The van der Waals surface area contributed by atoms with E-state index in [2.05, 4.69) is 24.6 Å². The molecule has 0 aromatic carbocycles. The molecular formula is C18H26N6O. The molecule has 3 heterocycles. The van der Waals surface area contributed by atoms with Gasteiger partial charge in [-0.25, -0.2) is 0 Å². The van der Waals surface area contributed by atoms with Gasteiger partial charge in [0.2, 0.25) is 0 Å². The molecule has 1 saturated heterocycles. The summed E-state index contributed by atoms with van der Waals surface area (Å²) in [5, 5.41) is 8.52. The number of H-pyrrole nitrogens is 1. The number of nitrogens with zero attached hydrogens (tertiary/aromatic N) is 5. The highest BCUT2D eigenvalue weighted by atomic mass is 16.2. The van der Waals surface area contributed by atoms with Crippen LogP contribution < -0.4 is 0 Å². The number of aromatic amines is 1. The number of nitrogens with one attached hydrogen (secondary N) is 1. The minimum absolute atomic E-state index is 0.0926. The molecule has 2 fully saturated rings. The molecule has 1 amide bonds. The Hall–Kier alpha value is -2.15. The standard InChI is InChI=1S/C18H26N6O/c25-18(16-7-4-8-19-16)23-11-9-22(10-12-23)13-17-21-20-14-24(17)15-5-2-1-3-6-15/h4,7-8,14-15,19H,1-3,5-6,9-13H2. The Kier molecular flexibility index (Phi) is 4.83. The fourth-order valence-corrected chi connectivity index (χ4v) is 3.99. The molecule has 2 aromatic heterocycles. The van der Waals surface area contributed by atoms with E-state index in [1.165, 1.54) is 32.1 Å². The van der Waals surface area contributed by atoms with Crippen LogP contribution in [0.3, 0.4) is 0 Å². The second-order valence-corrected chi connectivity index (χ2v) is 7.10. The van der Waals surface area contributed by atoms with E-state index in [1.54, 1.807) is 6.20 Å². The predicted octanol–water partition coefficient (Wildman–Crippen LogP) is 2.07. The highest BCUT2D eigenvalue weighted by molar-refractivity contribution is 5.92. The van der Waals surface area contributed by atoms with Crippen molar-refractivity contribution in [2.75, 3.05) is 26.2 Å². The van der Waals surface area contributed by atoms with Crippen molar-refractivity contribution in [1.29, 1.82) is 0 Å². The number of piperazine rings is 1. The number of aromatic nitrogens is 4. The van der Waals surface area contributed by atoms with Crippen molar-refractivity contribution in [3.8, 4) is 0 Å². The van der Waals surface area contributed by atoms with Crippen molar-refractivity contribution in [2.24, 2.45) is 0 Å². The Morgan fingerprint density at radius 1 is 1.16 bits per heavy atom. The number of carbonyl (C=O) groups is 1. The van der Waals surface area contributed by atoms with Crippen LogP contribution in [0.1, 0.15) is 54.5 Å². The third-order valence-electron chi connectivity index (χ3n) is 5.47. The minimum atomic E-state index is 0.0926. The second-order valence-electron chi connectivity index (χ2n) is 7.10. The van der Waals surface area contributed by atoms with E-state index < -0.39 is 0 Å². The first-order valence-electron chi connectivity index (χ1n) is 9.34. The van der Waals surface area contributed by atoms with Gasteiger partial charge in [-0.2, -0.15) is 0 Å². The molecule has 1 aliphatic heterocycles. The van der Waals surface area contributed by atoms with Gasteiger partial charge >= 0.3 is 0 Å². The van der Waals surface area contributed by atoms with Crippen molar-refractivity contribution < 1.29 is 4.79 Å². The summed E-state index contributed by atoms with van der Waals surface area (Å²) in [5.74, 6) is 1.16. The van der Waals surface area contributed by atoms with Crippen LogP contribution in [-0.2, 0) is 6.54 Å². The van der Waals surface area contributed by atoms with Crippen LogP contribution in [0.25, 0.3) is 0 Å². The fourth-order valence-electron chi connectivity index (χ4n) is 3.99. The zero-order valence-corrected chi connectivity index (χ0v) is 14.6. The van der Waals surface area contributed by atoms with Crippen LogP contribution in [0.2, 0.25) is 0 Å². The molecule has 0 atom stereocenters. The Morgan fingerprint density at radius 3 is 2.68 bits per heavy atom. The van der Waals surface area contributed by atoms with E-state index in [9.17, 15) is 4.79 Å². The molecule has 134 valence electrons. The Balaban J connectivity index is 1.33. The molecule has 0 unspecified atom stereocenters. The van der Waals surface area contributed by atoms with Crippen molar-refractivity contribution >= 4 is 5.91 Å². The van der Waals surface area contributed by atoms with Gasteiger partial charge in [0.05, 0.1) is 6.54 Å². The quantitative estimate of drug-likeness (QED) is 0.923. The van der Waals surface area contributed by atoms with Gasteiger partial charge < -0.3 is 14.5 Å². The van der Waals surface area contributed by atoms with Gasteiger partial charge in [-0.1, -0.05) is 19.3 Å². The van der Waals surface area contributed by atoms with Crippen molar-refractivity contribution in [1.82, 2.24) is 29.5 Å². The maximum atomic E-state index is 12.4. The van der Waals surface area contributed by atoms with Crippen LogP contribution in [0, 0.1) is 0 Å². The number of amides is 1. The summed E-state index contributed by atoms with van der Waals surface area (Å²) in [4.78, 5) is 19.7. The predicted molar refractivity (Wildman–Crippen MR) is 94.1 cm³/mol. The lowest BCUT2D eigenvalue weighted by Gasteiger charge is -2.34. The number of rotatable bonds is 4. The molecule has 0 spiro atoms. The van der Waals surface area contributed by atoms with Crippen LogP contribution in [0.4, 0.5) is 0 Å². The van der Waals surface area contributed by atoms with E-state index in [4.69, 9.17) is 0 Å². The normalized spacial score (nSPS) is 20.1. The van der Waals surface area contributed by atoms with Gasteiger partial charge in [0.1, 0.15) is 17.8 Å². The summed E-state index contributed by atoms with van der Waals surface area (Å²) in [6, 6.07) is 4.26. The third-order valence-corrected chi connectivity index (χ3v) is 5.47. The Morgan fingerprint density at radius 2 is 1.96 bits per heavy atom. The van der Waals surface area contributed by atoms with Gasteiger partial charge in [-0.05, 0) is 25.0 Å². The minimum Gasteiger partial charge on any atom is -0.357 e. The SMILES string of the molecule is O=C(c1ccc[nH]1)N1CCN(Cc2nncn2C2CCCCC2)CC1. The van der Waals surface area contributed by atoms with Gasteiger partial charge in [0, 0.05) is 38.4 Å². The van der Waals surface area contributed by atoms with E-state index >= 15 is 0 Å². The van der Waals surface area contributed by atoms with E-state index in [1.807, 2.05) is 23.4 Å². The fraction of sp³-hybridized carbons (Fsp3) is 0.611. The number of hydrogen-bond donors (Lipinski definition) is 1. The summed E-state index contributed by atoms with van der Waals surface area (Å²) in [6.45, 7) is 4.10. The molecule has 7 nitrogen and oxygen atoms in total. The lowest BCUT2D eigenvalue weighted by Crippen LogP contribution is -2.48. The van der Waals surface area contributed by atoms with Crippen LogP contribution in [-0.4, -0.2) is 61.6 Å². The average Bonchev–Trinajstić information content (AvgIpc) is 3.35. The zero-order valence-electron chi connectivity index (χ0n) is 14.6. The lowest BCUT2D eigenvalue weighted by atomic mass is 9.95. The molecule has 2 aliphatic rings. The van der Waals surface area contributed by atoms with Crippen LogP contribution in [0.15, 0.2) is 24.7 Å². The number of hydrogen-bond acceptors (Lipinski definition) is 4. The topological polar surface area (TPSA) is 70.1 Å². The molecule has 0 radical (unpaired) electrons. The largest absolute Gasteiger partial charge is 0.357 e.